The van der Waals surface area contributed by atoms with Crippen molar-refractivity contribution in [2.24, 2.45) is 7.05 Å². The SMILES string of the molecule is Cc1cc(C2OC2c2ccccc2)ccc1NC(=O)c1ccnn1C. The molecule has 2 aromatic carbocycles. The summed E-state index contributed by atoms with van der Waals surface area (Å²) in [6, 6.07) is 17.9. The van der Waals surface area contributed by atoms with Crippen molar-refractivity contribution in [2.45, 2.75) is 19.1 Å². The number of aromatic nitrogens is 2. The molecule has 126 valence electrons. The van der Waals surface area contributed by atoms with Crippen LogP contribution in [0.25, 0.3) is 0 Å². The third-order valence-electron chi connectivity index (χ3n) is 4.50. The molecule has 0 spiro atoms. The first kappa shape index (κ1) is 15.6. The largest absolute Gasteiger partial charge is 0.359 e. The van der Waals surface area contributed by atoms with Gasteiger partial charge in [-0.25, -0.2) is 0 Å². The molecule has 1 fully saturated rings. The van der Waals surface area contributed by atoms with Crippen LogP contribution in [-0.2, 0) is 11.8 Å². The average Bonchev–Trinajstić information content (AvgIpc) is 3.31. The molecule has 2 heterocycles. The van der Waals surface area contributed by atoms with E-state index in [0.717, 1.165) is 16.8 Å². The predicted molar refractivity (Wildman–Crippen MR) is 95.3 cm³/mol. The van der Waals surface area contributed by atoms with Gasteiger partial charge >= 0.3 is 0 Å². The molecule has 0 radical (unpaired) electrons. The Morgan fingerprint density at radius 1 is 1.08 bits per heavy atom. The minimum Gasteiger partial charge on any atom is -0.359 e. The maximum Gasteiger partial charge on any atom is 0.273 e. The molecule has 5 heteroatoms. The van der Waals surface area contributed by atoms with Gasteiger partial charge < -0.3 is 10.1 Å². The Balaban J connectivity index is 1.49. The van der Waals surface area contributed by atoms with Crippen LogP contribution in [0.15, 0.2) is 60.8 Å². The fraction of sp³-hybridized carbons (Fsp3) is 0.200. The normalized spacial score (nSPS) is 18.8. The second-order valence-electron chi connectivity index (χ2n) is 6.26. The van der Waals surface area contributed by atoms with Gasteiger partial charge in [-0.3, -0.25) is 9.48 Å². The number of benzene rings is 2. The maximum absolute atomic E-state index is 12.3. The zero-order valence-corrected chi connectivity index (χ0v) is 14.1. The second kappa shape index (κ2) is 6.18. The molecule has 0 saturated carbocycles. The summed E-state index contributed by atoms with van der Waals surface area (Å²) in [5, 5.41) is 6.97. The van der Waals surface area contributed by atoms with Gasteiger partial charge in [-0.15, -0.1) is 0 Å². The minimum absolute atomic E-state index is 0.0860. The first-order valence-corrected chi connectivity index (χ1v) is 8.24. The number of aryl methyl sites for hydroxylation is 2. The molecule has 1 saturated heterocycles. The summed E-state index contributed by atoms with van der Waals surface area (Å²) in [4.78, 5) is 12.3. The van der Waals surface area contributed by atoms with E-state index in [9.17, 15) is 4.79 Å². The van der Waals surface area contributed by atoms with Crippen LogP contribution in [0.3, 0.4) is 0 Å². The van der Waals surface area contributed by atoms with Gasteiger partial charge in [-0.05, 0) is 35.7 Å². The molecule has 25 heavy (non-hydrogen) atoms. The van der Waals surface area contributed by atoms with Crippen molar-refractivity contribution in [2.75, 3.05) is 5.32 Å². The number of carbonyl (C=O) groups is 1. The zero-order valence-electron chi connectivity index (χ0n) is 14.1. The van der Waals surface area contributed by atoms with Crippen LogP contribution in [-0.4, -0.2) is 15.7 Å². The van der Waals surface area contributed by atoms with E-state index < -0.39 is 0 Å². The lowest BCUT2D eigenvalue weighted by Crippen LogP contribution is -2.16. The van der Waals surface area contributed by atoms with E-state index in [2.05, 4.69) is 28.6 Å². The van der Waals surface area contributed by atoms with Crippen LogP contribution in [0.4, 0.5) is 5.69 Å². The molecule has 5 nitrogen and oxygen atoms in total. The Kier molecular flexibility index (Phi) is 3.86. The van der Waals surface area contributed by atoms with E-state index in [4.69, 9.17) is 4.74 Å². The summed E-state index contributed by atoms with van der Waals surface area (Å²) in [7, 11) is 1.75. The Morgan fingerprint density at radius 3 is 2.52 bits per heavy atom. The predicted octanol–water partition coefficient (Wildman–Crippen LogP) is 3.79. The summed E-state index contributed by atoms with van der Waals surface area (Å²) < 4.78 is 7.40. The number of nitrogens with zero attached hydrogens (tertiary/aromatic N) is 2. The van der Waals surface area contributed by atoms with E-state index >= 15 is 0 Å². The van der Waals surface area contributed by atoms with Crippen LogP contribution in [0.5, 0.6) is 0 Å². The molecular formula is C20H19N3O2. The number of epoxide rings is 1. The molecule has 0 bridgehead atoms. The van der Waals surface area contributed by atoms with Crippen molar-refractivity contribution in [3.05, 3.63) is 83.2 Å². The van der Waals surface area contributed by atoms with Gasteiger partial charge in [-0.2, -0.15) is 5.10 Å². The molecule has 1 aromatic heterocycles. The lowest BCUT2D eigenvalue weighted by molar-refractivity contribution is 0.101. The second-order valence-corrected chi connectivity index (χ2v) is 6.26. The minimum atomic E-state index is -0.166. The Bertz CT molecular complexity index is 918. The third-order valence-corrected chi connectivity index (χ3v) is 4.50. The molecule has 1 aliphatic heterocycles. The Labute approximate surface area is 146 Å². The average molecular weight is 333 g/mol. The molecule has 1 aliphatic rings. The fourth-order valence-electron chi connectivity index (χ4n) is 3.05. The summed E-state index contributed by atoms with van der Waals surface area (Å²) in [6.45, 7) is 1.99. The highest BCUT2D eigenvalue weighted by Crippen LogP contribution is 2.51. The van der Waals surface area contributed by atoms with Crippen molar-refractivity contribution in [3.8, 4) is 0 Å². The van der Waals surface area contributed by atoms with Crippen LogP contribution in [0.1, 0.15) is 39.4 Å². The first-order valence-electron chi connectivity index (χ1n) is 8.24. The van der Waals surface area contributed by atoms with E-state index in [-0.39, 0.29) is 18.1 Å². The van der Waals surface area contributed by atoms with Gasteiger partial charge in [0.25, 0.3) is 5.91 Å². The number of anilines is 1. The lowest BCUT2D eigenvalue weighted by atomic mass is 10.0. The van der Waals surface area contributed by atoms with Crippen molar-refractivity contribution in [3.63, 3.8) is 0 Å². The molecule has 1 N–H and O–H groups in total. The fourth-order valence-corrected chi connectivity index (χ4v) is 3.05. The number of hydrogen-bond acceptors (Lipinski definition) is 3. The standard InChI is InChI=1S/C20H19N3O2/c1-13-12-15(19-18(25-19)14-6-4-3-5-7-14)8-9-16(13)22-20(24)17-10-11-21-23(17)2/h3-12,18-19H,1-2H3,(H,22,24). The number of carbonyl (C=O) groups excluding carboxylic acids is 1. The van der Waals surface area contributed by atoms with Crippen molar-refractivity contribution >= 4 is 11.6 Å². The molecule has 4 rings (SSSR count). The van der Waals surface area contributed by atoms with E-state index in [0.29, 0.717) is 5.69 Å². The number of nitrogens with one attached hydrogen (secondary N) is 1. The van der Waals surface area contributed by atoms with Crippen molar-refractivity contribution < 1.29 is 9.53 Å². The zero-order chi connectivity index (χ0) is 17.4. The number of hydrogen-bond donors (Lipinski definition) is 1. The molecule has 2 unspecified atom stereocenters. The highest BCUT2D eigenvalue weighted by atomic mass is 16.6. The van der Waals surface area contributed by atoms with Gasteiger partial charge in [0.15, 0.2) is 0 Å². The van der Waals surface area contributed by atoms with Crippen molar-refractivity contribution in [1.29, 1.82) is 0 Å². The first-order chi connectivity index (χ1) is 12.1. The Hall–Kier alpha value is -2.92. The molecule has 1 amide bonds. The summed E-state index contributed by atoms with van der Waals surface area (Å²) >= 11 is 0. The summed E-state index contributed by atoms with van der Waals surface area (Å²) in [6.07, 6.45) is 1.82. The molecule has 0 aliphatic carbocycles. The van der Waals surface area contributed by atoms with Crippen LogP contribution in [0, 0.1) is 6.92 Å². The van der Waals surface area contributed by atoms with Gasteiger partial charge in [0, 0.05) is 18.9 Å². The number of ether oxygens (including phenoxy) is 1. The quantitative estimate of drug-likeness (QED) is 0.739. The molecule has 3 aromatic rings. The Morgan fingerprint density at radius 2 is 1.84 bits per heavy atom. The van der Waals surface area contributed by atoms with Crippen molar-refractivity contribution in [1.82, 2.24) is 9.78 Å². The summed E-state index contributed by atoms with van der Waals surface area (Å²) in [5.74, 6) is -0.166. The van der Waals surface area contributed by atoms with E-state index in [1.807, 2.05) is 37.3 Å². The smallest absolute Gasteiger partial charge is 0.273 e. The highest BCUT2D eigenvalue weighted by molar-refractivity contribution is 6.03. The van der Waals surface area contributed by atoms with Gasteiger partial charge in [0.1, 0.15) is 17.9 Å². The van der Waals surface area contributed by atoms with Crippen LogP contribution >= 0.6 is 0 Å². The molecular weight excluding hydrogens is 314 g/mol. The summed E-state index contributed by atoms with van der Waals surface area (Å²) in [5.41, 5.74) is 4.66. The van der Waals surface area contributed by atoms with Crippen LogP contribution < -0.4 is 5.32 Å². The van der Waals surface area contributed by atoms with Gasteiger partial charge in [0.05, 0.1) is 0 Å². The lowest BCUT2D eigenvalue weighted by Gasteiger charge is -2.10. The highest BCUT2D eigenvalue weighted by Gasteiger charge is 2.41. The monoisotopic (exact) mass is 333 g/mol. The van der Waals surface area contributed by atoms with E-state index in [1.54, 1.807) is 24.0 Å². The van der Waals surface area contributed by atoms with E-state index in [1.165, 1.54) is 5.56 Å². The molecule has 2 atom stereocenters. The van der Waals surface area contributed by atoms with Gasteiger partial charge in [0.2, 0.25) is 0 Å². The number of rotatable bonds is 4. The third kappa shape index (κ3) is 3.06. The topological polar surface area (TPSA) is 59.4 Å². The van der Waals surface area contributed by atoms with Gasteiger partial charge in [-0.1, -0.05) is 42.5 Å². The number of amides is 1. The van der Waals surface area contributed by atoms with Crippen LogP contribution in [0.2, 0.25) is 0 Å². The maximum atomic E-state index is 12.3.